The maximum Gasteiger partial charge on any atom is 0.341 e. The lowest BCUT2D eigenvalue weighted by atomic mass is 10.2. The number of carbonyl (C=O) groups is 1. The second kappa shape index (κ2) is 12.9. The fourth-order valence-corrected chi connectivity index (χ4v) is 2.79. The quantitative estimate of drug-likeness (QED) is 0.216. The van der Waals surface area contributed by atoms with E-state index in [-0.39, 0.29) is 5.97 Å². The number of esters is 1. The van der Waals surface area contributed by atoms with Crippen molar-refractivity contribution in [2.75, 3.05) is 6.61 Å². The van der Waals surface area contributed by atoms with Crippen LogP contribution in [0.1, 0.15) is 44.2 Å². The standard InChI is InChI=1S/C24H31NO3/c1-3-5-6-13-18-23(24(26)27-4-2)28-25(19-21-14-9-7-10-15-21)20-22-16-11-8-12-17-22/h7-18,23H,3-6,19-20H2,1-2H3/b18-13+/t23-/m0/s1. The van der Waals surface area contributed by atoms with E-state index in [4.69, 9.17) is 9.57 Å². The summed E-state index contributed by atoms with van der Waals surface area (Å²) in [5.41, 5.74) is 2.24. The van der Waals surface area contributed by atoms with Crippen molar-refractivity contribution in [3.8, 4) is 0 Å². The Kier molecular flexibility index (Phi) is 10.0. The molecule has 0 radical (unpaired) electrons. The molecule has 0 fully saturated rings. The van der Waals surface area contributed by atoms with Gasteiger partial charge in [0.2, 0.25) is 0 Å². The van der Waals surface area contributed by atoms with Crippen molar-refractivity contribution in [1.29, 1.82) is 0 Å². The van der Waals surface area contributed by atoms with Crippen LogP contribution in [-0.2, 0) is 27.5 Å². The molecule has 4 nitrogen and oxygen atoms in total. The molecule has 4 heteroatoms. The van der Waals surface area contributed by atoms with Crippen LogP contribution in [0.3, 0.4) is 0 Å². The van der Waals surface area contributed by atoms with Gasteiger partial charge in [-0.15, -0.1) is 0 Å². The van der Waals surface area contributed by atoms with Gasteiger partial charge in [0, 0.05) is 13.1 Å². The second-order valence-corrected chi connectivity index (χ2v) is 6.62. The van der Waals surface area contributed by atoms with Crippen LogP contribution in [-0.4, -0.2) is 23.7 Å². The highest BCUT2D eigenvalue weighted by Gasteiger charge is 2.22. The molecule has 0 saturated carbocycles. The highest BCUT2D eigenvalue weighted by Crippen LogP contribution is 2.14. The lowest BCUT2D eigenvalue weighted by Crippen LogP contribution is -2.34. The molecule has 2 aromatic rings. The van der Waals surface area contributed by atoms with E-state index in [2.05, 4.69) is 31.2 Å². The number of hydrogen-bond donors (Lipinski definition) is 0. The zero-order valence-electron chi connectivity index (χ0n) is 16.9. The highest BCUT2D eigenvalue weighted by atomic mass is 16.7. The van der Waals surface area contributed by atoms with Crippen molar-refractivity contribution in [3.63, 3.8) is 0 Å². The van der Waals surface area contributed by atoms with Crippen LogP contribution in [0.15, 0.2) is 72.8 Å². The molecule has 28 heavy (non-hydrogen) atoms. The van der Waals surface area contributed by atoms with E-state index in [0.29, 0.717) is 19.7 Å². The van der Waals surface area contributed by atoms with Crippen LogP contribution in [0.5, 0.6) is 0 Å². The minimum absolute atomic E-state index is 0.332. The first-order valence-electron chi connectivity index (χ1n) is 10.1. The Hall–Kier alpha value is -2.43. The van der Waals surface area contributed by atoms with Crippen LogP contribution in [0, 0.1) is 0 Å². The number of ether oxygens (including phenoxy) is 1. The lowest BCUT2D eigenvalue weighted by Gasteiger charge is -2.25. The van der Waals surface area contributed by atoms with Gasteiger partial charge in [0.1, 0.15) is 0 Å². The van der Waals surface area contributed by atoms with Gasteiger partial charge in [-0.25, -0.2) is 4.79 Å². The third-order valence-corrected chi connectivity index (χ3v) is 4.22. The van der Waals surface area contributed by atoms with E-state index < -0.39 is 6.10 Å². The Labute approximate surface area is 168 Å². The van der Waals surface area contributed by atoms with Gasteiger partial charge < -0.3 is 4.74 Å². The van der Waals surface area contributed by atoms with Crippen LogP contribution in [0.25, 0.3) is 0 Å². The average molecular weight is 382 g/mol. The lowest BCUT2D eigenvalue weighted by molar-refractivity contribution is -0.212. The number of carbonyl (C=O) groups excluding carboxylic acids is 1. The molecule has 0 aliphatic heterocycles. The molecule has 0 saturated heterocycles. The number of nitrogens with zero attached hydrogens (tertiary/aromatic N) is 1. The maximum absolute atomic E-state index is 12.4. The first kappa shape index (κ1) is 21.9. The van der Waals surface area contributed by atoms with Gasteiger partial charge in [-0.05, 0) is 30.5 Å². The summed E-state index contributed by atoms with van der Waals surface area (Å²) in [6.45, 7) is 5.44. The normalized spacial score (nSPS) is 12.4. The average Bonchev–Trinajstić information content (AvgIpc) is 2.72. The number of hydrogen-bond acceptors (Lipinski definition) is 4. The molecular formula is C24H31NO3. The fourth-order valence-electron chi connectivity index (χ4n) is 2.79. The number of rotatable bonds is 12. The molecule has 0 amide bonds. The summed E-state index contributed by atoms with van der Waals surface area (Å²) in [4.78, 5) is 18.5. The van der Waals surface area contributed by atoms with Gasteiger partial charge in [0.15, 0.2) is 6.10 Å². The first-order chi connectivity index (χ1) is 13.7. The molecule has 0 heterocycles. The van der Waals surface area contributed by atoms with E-state index >= 15 is 0 Å². The Balaban J connectivity index is 2.14. The number of benzene rings is 2. The SMILES string of the molecule is CCCC/C=C/[C@H](ON(Cc1ccccc1)Cc1ccccc1)C(=O)OCC. The molecular weight excluding hydrogens is 350 g/mol. The van der Waals surface area contributed by atoms with Gasteiger partial charge in [0.05, 0.1) is 6.61 Å². The number of unbranched alkanes of at least 4 members (excludes halogenated alkanes) is 2. The number of hydroxylamine groups is 2. The van der Waals surface area contributed by atoms with Gasteiger partial charge in [0.25, 0.3) is 0 Å². The van der Waals surface area contributed by atoms with Crippen molar-refractivity contribution in [1.82, 2.24) is 5.06 Å². The van der Waals surface area contributed by atoms with E-state index in [9.17, 15) is 4.79 Å². The maximum atomic E-state index is 12.4. The second-order valence-electron chi connectivity index (χ2n) is 6.62. The van der Waals surface area contributed by atoms with E-state index in [0.717, 1.165) is 30.4 Å². The van der Waals surface area contributed by atoms with Gasteiger partial charge in [-0.1, -0.05) is 86.5 Å². The minimum atomic E-state index is -0.746. The van der Waals surface area contributed by atoms with E-state index in [1.165, 1.54) is 0 Å². The number of allylic oxidation sites excluding steroid dienone is 1. The highest BCUT2D eigenvalue weighted by molar-refractivity contribution is 5.76. The monoisotopic (exact) mass is 381 g/mol. The van der Waals surface area contributed by atoms with Crippen LogP contribution < -0.4 is 0 Å². The van der Waals surface area contributed by atoms with Crippen molar-refractivity contribution < 1.29 is 14.4 Å². The summed E-state index contributed by atoms with van der Waals surface area (Å²) in [5, 5.41) is 1.83. The first-order valence-corrected chi connectivity index (χ1v) is 10.1. The van der Waals surface area contributed by atoms with Gasteiger partial charge in [-0.3, -0.25) is 4.84 Å². The Morgan fingerprint density at radius 1 is 0.964 bits per heavy atom. The summed E-state index contributed by atoms with van der Waals surface area (Å²) in [6.07, 6.45) is 6.20. The van der Waals surface area contributed by atoms with Crippen LogP contribution in [0.4, 0.5) is 0 Å². The molecule has 0 aromatic heterocycles. The summed E-state index contributed by atoms with van der Waals surface area (Å²) >= 11 is 0. The van der Waals surface area contributed by atoms with E-state index in [1.54, 1.807) is 0 Å². The summed E-state index contributed by atoms with van der Waals surface area (Å²) < 4.78 is 5.22. The molecule has 1 atom stereocenters. The molecule has 0 unspecified atom stereocenters. The molecule has 0 spiro atoms. The molecule has 150 valence electrons. The molecule has 2 rings (SSSR count). The Bertz CT molecular complexity index is 659. The fraction of sp³-hybridized carbons (Fsp3) is 0.375. The summed E-state index contributed by atoms with van der Waals surface area (Å²) in [6, 6.07) is 20.2. The zero-order chi connectivity index (χ0) is 20.0. The minimum Gasteiger partial charge on any atom is -0.464 e. The molecule has 0 aliphatic rings. The predicted octanol–water partition coefficient (Wildman–Crippen LogP) is 5.30. The van der Waals surface area contributed by atoms with Crippen LogP contribution >= 0.6 is 0 Å². The van der Waals surface area contributed by atoms with Crippen molar-refractivity contribution in [2.45, 2.75) is 52.3 Å². The van der Waals surface area contributed by atoms with Crippen molar-refractivity contribution in [2.24, 2.45) is 0 Å². The third kappa shape index (κ3) is 8.07. The summed E-state index contributed by atoms with van der Waals surface area (Å²) in [5.74, 6) is -0.360. The van der Waals surface area contributed by atoms with Crippen molar-refractivity contribution in [3.05, 3.63) is 83.9 Å². The Morgan fingerprint density at radius 2 is 1.54 bits per heavy atom. The largest absolute Gasteiger partial charge is 0.464 e. The summed E-state index contributed by atoms with van der Waals surface area (Å²) in [7, 11) is 0. The van der Waals surface area contributed by atoms with Crippen molar-refractivity contribution >= 4 is 5.97 Å². The van der Waals surface area contributed by atoms with E-state index in [1.807, 2.05) is 60.5 Å². The molecule has 0 aliphatic carbocycles. The zero-order valence-corrected chi connectivity index (χ0v) is 16.9. The molecule has 2 aromatic carbocycles. The van der Waals surface area contributed by atoms with Gasteiger partial charge >= 0.3 is 5.97 Å². The third-order valence-electron chi connectivity index (χ3n) is 4.22. The van der Waals surface area contributed by atoms with Crippen LogP contribution in [0.2, 0.25) is 0 Å². The topological polar surface area (TPSA) is 38.8 Å². The van der Waals surface area contributed by atoms with Gasteiger partial charge in [-0.2, -0.15) is 5.06 Å². The molecule has 0 bridgehead atoms. The smallest absolute Gasteiger partial charge is 0.341 e. The predicted molar refractivity (Wildman–Crippen MR) is 112 cm³/mol. The molecule has 0 N–H and O–H groups in total. The Morgan fingerprint density at radius 3 is 2.04 bits per heavy atom.